The van der Waals surface area contributed by atoms with Gasteiger partial charge in [-0.05, 0) is 6.07 Å². The number of furan rings is 1. The van der Waals surface area contributed by atoms with Crippen LogP contribution in [0.4, 0.5) is 0 Å². The molecular weight excluding hydrogens is 156 g/mol. The second-order valence-electron chi connectivity index (χ2n) is 2.14. The van der Waals surface area contributed by atoms with Crippen molar-refractivity contribution in [2.75, 3.05) is 0 Å². The molecule has 0 saturated carbocycles. The lowest BCUT2D eigenvalue weighted by Crippen LogP contribution is -1.78. The van der Waals surface area contributed by atoms with E-state index >= 15 is 0 Å². The summed E-state index contributed by atoms with van der Waals surface area (Å²) in [5.74, 6) is 0. The van der Waals surface area contributed by atoms with Crippen LogP contribution < -0.4 is 0 Å². The number of nitriles is 1. The van der Waals surface area contributed by atoms with Gasteiger partial charge < -0.3 is 4.42 Å². The molecule has 5 heteroatoms. The van der Waals surface area contributed by atoms with E-state index in [9.17, 15) is 0 Å². The Balaban J connectivity index is 2.55. The van der Waals surface area contributed by atoms with Crippen LogP contribution >= 0.6 is 0 Å². The molecule has 0 aliphatic rings. The van der Waals surface area contributed by atoms with Crippen LogP contribution in [-0.2, 0) is 0 Å². The molecule has 2 aromatic heterocycles. The van der Waals surface area contributed by atoms with Gasteiger partial charge in [-0.1, -0.05) is 0 Å². The van der Waals surface area contributed by atoms with Gasteiger partial charge in [-0.2, -0.15) is 15.6 Å². The summed E-state index contributed by atoms with van der Waals surface area (Å²) < 4.78 is 4.85. The number of aromatic nitrogens is 3. The predicted octanol–water partition coefficient (Wildman–Crippen LogP) is 0.936. The minimum absolute atomic E-state index is 0.274. The molecule has 0 aliphatic heterocycles. The van der Waals surface area contributed by atoms with Crippen molar-refractivity contribution in [2.24, 2.45) is 0 Å². The Kier molecular flexibility index (Phi) is 1.38. The third kappa shape index (κ3) is 0.864. The van der Waals surface area contributed by atoms with Crippen molar-refractivity contribution in [1.82, 2.24) is 15.4 Å². The first-order valence-electron chi connectivity index (χ1n) is 3.25. The molecule has 0 saturated heterocycles. The second-order valence-corrected chi connectivity index (χ2v) is 2.14. The largest absolute Gasteiger partial charge is 0.472 e. The van der Waals surface area contributed by atoms with Gasteiger partial charge in [0.05, 0.1) is 12.5 Å². The molecule has 0 bridgehead atoms. The highest BCUT2D eigenvalue weighted by molar-refractivity contribution is 5.62. The number of hydrogen-bond donors (Lipinski definition) is 1. The minimum Gasteiger partial charge on any atom is -0.472 e. The molecular formula is C7H4N4O. The number of nitrogens with zero attached hydrogens (tertiary/aromatic N) is 3. The summed E-state index contributed by atoms with van der Waals surface area (Å²) in [6.07, 6.45) is 3.03. The van der Waals surface area contributed by atoms with Gasteiger partial charge in [0.1, 0.15) is 11.8 Å². The highest BCUT2D eigenvalue weighted by Crippen LogP contribution is 2.18. The zero-order chi connectivity index (χ0) is 8.39. The van der Waals surface area contributed by atoms with Gasteiger partial charge in [-0.3, -0.25) is 0 Å². The van der Waals surface area contributed by atoms with Crippen LogP contribution in [0.3, 0.4) is 0 Å². The van der Waals surface area contributed by atoms with Gasteiger partial charge in [0.15, 0.2) is 5.69 Å². The quantitative estimate of drug-likeness (QED) is 0.673. The van der Waals surface area contributed by atoms with Crippen LogP contribution in [0.1, 0.15) is 5.69 Å². The average Bonchev–Trinajstić information content (AvgIpc) is 2.74. The Bertz CT molecular complexity index is 409. The van der Waals surface area contributed by atoms with Gasteiger partial charge in [0.25, 0.3) is 0 Å². The van der Waals surface area contributed by atoms with Crippen molar-refractivity contribution in [3.63, 3.8) is 0 Å². The molecule has 0 spiro atoms. The first-order chi connectivity index (χ1) is 5.92. The average molecular weight is 160 g/mol. The van der Waals surface area contributed by atoms with Gasteiger partial charge in [-0.15, -0.1) is 5.10 Å². The fraction of sp³-hybridized carbons (Fsp3) is 0. The number of aromatic amines is 1. The maximum absolute atomic E-state index is 8.60. The molecule has 0 amide bonds. The van der Waals surface area contributed by atoms with E-state index in [2.05, 4.69) is 15.4 Å². The third-order valence-electron chi connectivity index (χ3n) is 1.45. The maximum atomic E-state index is 8.60. The molecule has 1 N–H and O–H groups in total. The summed E-state index contributed by atoms with van der Waals surface area (Å²) in [7, 11) is 0. The van der Waals surface area contributed by atoms with E-state index in [-0.39, 0.29) is 5.69 Å². The number of rotatable bonds is 1. The minimum atomic E-state index is 0.274. The normalized spacial score (nSPS) is 9.58. The molecule has 2 rings (SSSR count). The molecule has 0 unspecified atom stereocenters. The summed E-state index contributed by atoms with van der Waals surface area (Å²) in [6, 6.07) is 3.64. The van der Waals surface area contributed by atoms with Gasteiger partial charge in [0.2, 0.25) is 0 Å². The van der Waals surface area contributed by atoms with Crippen LogP contribution in [0.2, 0.25) is 0 Å². The van der Waals surface area contributed by atoms with Crippen molar-refractivity contribution < 1.29 is 4.42 Å². The zero-order valence-corrected chi connectivity index (χ0v) is 5.98. The van der Waals surface area contributed by atoms with E-state index in [1.165, 1.54) is 12.5 Å². The Morgan fingerprint density at radius 1 is 1.50 bits per heavy atom. The van der Waals surface area contributed by atoms with Crippen molar-refractivity contribution in [2.45, 2.75) is 0 Å². The van der Waals surface area contributed by atoms with Crippen LogP contribution in [0.5, 0.6) is 0 Å². The summed E-state index contributed by atoms with van der Waals surface area (Å²) in [6.45, 7) is 0. The van der Waals surface area contributed by atoms with Gasteiger partial charge in [0, 0.05) is 5.56 Å². The molecule has 58 valence electrons. The lowest BCUT2D eigenvalue weighted by molar-refractivity contribution is 0.568. The van der Waals surface area contributed by atoms with E-state index in [0.29, 0.717) is 5.69 Å². The first-order valence-corrected chi connectivity index (χ1v) is 3.25. The van der Waals surface area contributed by atoms with Crippen molar-refractivity contribution >= 4 is 0 Å². The Morgan fingerprint density at radius 3 is 3.08 bits per heavy atom. The molecule has 0 radical (unpaired) electrons. The van der Waals surface area contributed by atoms with Gasteiger partial charge in [-0.25, -0.2) is 0 Å². The van der Waals surface area contributed by atoms with E-state index in [4.69, 9.17) is 9.68 Å². The molecule has 0 aromatic carbocycles. The van der Waals surface area contributed by atoms with Crippen LogP contribution in [0, 0.1) is 11.3 Å². The molecule has 12 heavy (non-hydrogen) atoms. The standard InChI is InChI=1S/C7H4N4O/c8-3-6-7(10-11-9-6)5-1-2-12-4-5/h1-2,4H,(H,9,10,11). The van der Waals surface area contributed by atoms with Crippen LogP contribution in [0.15, 0.2) is 23.0 Å². The van der Waals surface area contributed by atoms with E-state index in [0.717, 1.165) is 5.56 Å². The summed E-state index contributed by atoms with van der Waals surface area (Å²) in [4.78, 5) is 0. The predicted molar refractivity (Wildman–Crippen MR) is 38.8 cm³/mol. The summed E-state index contributed by atoms with van der Waals surface area (Å²) in [5.41, 5.74) is 1.54. The highest BCUT2D eigenvalue weighted by atomic mass is 16.3. The number of nitrogens with one attached hydrogen (secondary N) is 1. The first kappa shape index (κ1) is 6.61. The SMILES string of the molecule is N#Cc1n[nH]nc1-c1ccoc1. The van der Waals surface area contributed by atoms with Crippen LogP contribution in [-0.4, -0.2) is 15.4 Å². The Morgan fingerprint density at radius 2 is 2.42 bits per heavy atom. The molecule has 5 nitrogen and oxygen atoms in total. The molecule has 0 aliphatic carbocycles. The fourth-order valence-corrected chi connectivity index (χ4v) is 0.909. The molecule has 0 fully saturated rings. The van der Waals surface area contributed by atoms with E-state index in [1.54, 1.807) is 6.07 Å². The smallest absolute Gasteiger partial charge is 0.190 e. The van der Waals surface area contributed by atoms with Crippen LogP contribution in [0.25, 0.3) is 11.3 Å². The summed E-state index contributed by atoms with van der Waals surface area (Å²) >= 11 is 0. The lowest BCUT2D eigenvalue weighted by atomic mass is 10.2. The van der Waals surface area contributed by atoms with E-state index < -0.39 is 0 Å². The van der Waals surface area contributed by atoms with Gasteiger partial charge >= 0.3 is 0 Å². The van der Waals surface area contributed by atoms with Crippen molar-refractivity contribution in [1.29, 1.82) is 5.26 Å². The second kappa shape index (κ2) is 2.51. The zero-order valence-electron chi connectivity index (χ0n) is 5.98. The van der Waals surface area contributed by atoms with Crippen molar-refractivity contribution in [3.8, 4) is 17.3 Å². The summed E-state index contributed by atoms with van der Waals surface area (Å²) in [5, 5.41) is 18.4. The lowest BCUT2D eigenvalue weighted by Gasteiger charge is -1.84. The highest BCUT2D eigenvalue weighted by Gasteiger charge is 2.09. The maximum Gasteiger partial charge on any atom is 0.190 e. The topological polar surface area (TPSA) is 78.5 Å². The fourth-order valence-electron chi connectivity index (χ4n) is 0.909. The molecule has 0 atom stereocenters. The Hall–Kier alpha value is -2.09. The third-order valence-corrected chi connectivity index (χ3v) is 1.45. The Labute approximate surface area is 67.6 Å². The molecule has 2 aromatic rings. The van der Waals surface area contributed by atoms with Crippen molar-refractivity contribution in [3.05, 3.63) is 24.3 Å². The monoisotopic (exact) mass is 160 g/mol. The number of hydrogen-bond acceptors (Lipinski definition) is 4. The van der Waals surface area contributed by atoms with E-state index in [1.807, 2.05) is 6.07 Å². The molecule has 2 heterocycles. The number of H-pyrrole nitrogens is 1.